The molecule has 0 spiro atoms. The van der Waals surface area contributed by atoms with Gasteiger partial charge in [-0.1, -0.05) is 23.7 Å². The molecule has 0 radical (unpaired) electrons. The van der Waals surface area contributed by atoms with Crippen molar-refractivity contribution < 1.29 is 9.59 Å². The zero-order valence-corrected chi connectivity index (χ0v) is 12.1. The van der Waals surface area contributed by atoms with Crippen LogP contribution in [0, 0.1) is 11.3 Å². The van der Waals surface area contributed by atoms with Crippen LogP contribution in [-0.4, -0.2) is 16.8 Å². The number of rotatable bonds is 4. The van der Waals surface area contributed by atoms with Crippen LogP contribution in [0.5, 0.6) is 0 Å². The van der Waals surface area contributed by atoms with Gasteiger partial charge in [-0.25, -0.2) is 4.98 Å². The number of nitrogens with two attached hydrogens (primary N) is 1. The van der Waals surface area contributed by atoms with Crippen molar-refractivity contribution in [1.82, 2.24) is 4.98 Å². The molecule has 1 aromatic carbocycles. The fourth-order valence-electron chi connectivity index (χ4n) is 1.74. The average Bonchev–Trinajstić information content (AvgIpc) is 2.49. The highest BCUT2D eigenvalue weighted by Crippen LogP contribution is 2.15. The van der Waals surface area contributed by atoms with Crippen molar-refractivity contribution in [3.8, 4) is 6.07 Å². The van der Waals surface area contributed by atoms with Gasteiger partial charge >= 0.3 is 0 Å². The van der Waals surface area contributed by atoms with Gasteiger partial charge in [0, 0.05) is 5.69 Å². The Morgan fingerprint density at radius 3 is 2.45 bits per heavy atom. The minimum Gasteiger partial charge on any atom is -0.366 e. The van der Waals surface area contributed by atoms with E-state index in [1.54, 1.807) is 24.3 Å². The van der Waals surface area contributed by atoms with Crippen molar-refractivity contribution in [2.45, 2.75) is 6.42 Å². The summed E-state index contributed by atoms with van der Waals surface area (Å²) in [5.41, 5.74) is 6.65. The molecule has 0 atom stereocenters. The Labute approximate surface area is 131 Å². The molecule has 2 amide bonds. The number of carbonyl (C=O) groups excluding carboxylic acids is 2. The summed E-state index contributed by atoms with van der Waals surface area (Å²) in [4.78, 5) is 27.0. The lowest BCUT2D eigenvalue weighted by atomic mass is 10.1. The minimum absolute atomic E-state index is 0.0547. The zero-order chi connectivity index (χ0) is 16.1. The quantitative estimate of drug-likeness (QED) is 0.842. The molecule has 110 valence electrons. The van der Waals surface area contributed by atoms with Gasteiger partial charge in [0.25, 0.3) is 11.8 Å². The van der Waals surface area contributed by atoms with E-state index in [4.69, 9.17) is 22.6 Å². The van der Waals surface area contributed by atoms with Gasteiger partial charge in [-0.05, 0) is 29.8 Å². The van der Waals surface area contributed by atoms with E-state index in [0.717, 1.165) is 5.56 Å². The number of hydrogen-bond acceptors (Lipinski definition) is 4. The van der Waals surface area contributed by atoms with Crippen molar-refractivity contribution >= 4 is 29.1 Å². The molecular formula is C15H11ClN4O2. The molecule has 0 fully saturated rings. The number of halogens is 1. The Kier molecular flexibility index (Phi) is 4.71. The highest BCUT2D eigenvalue weighted by Gasteiger charge is 2.13. The molecule has 3 N–H and O–H groups in total. The number of primary amides is 1. The predicted octanol–water partition coefficient (Wildman–Crippen LogP) is 2.15. The van der Waals surface area contributed by atoms with E-state index in [1.807, 2.05) is 6.07 Å². The second-order valence-electron chi connectivity index (χ2n) is 4.39. The van der Waals surface area contributed by atoms with Crippen LogP contribution in [0.1, 0.15) is 26.4 Å². The van der Waals surface area contributed by atoms with Crippen molar-refractivity contribution in [3.05, 3.63) is 58.4 Å². The fourth-order valence-corrected chi connectivity index (χ4v) is 1.98. The maximum absolute atomic E-state index is 12.1. The van der Waals surface area contributed by atoms with Gasteiger partial charge in [0.15, 0.2) is 0 Å². The minimum atomic E-state index is -0.711. The van der Waals surface area contributed by atoms with Crippen LogP contribution in [0.15, 0.2) is 36.4 Å². The zero-order valence-electron chi connectivity index (χ0n) is 11.3. The molecule has 0 aliphatic heterocycles. The van der Waals surface area contributed by atoms with E-state index in [1.165, 1.54) is 12.1 Å². The lowest BCUT2D eigenvalue weighted by Gasteiger charge is -2.06. The summed E-state index contributed by atoms with van der Waals surface area (Å²) in [6.45, 7) is 0. The third kappa shape index (κ3) is 3.59. The number of aromatic nitrogens is 1. The number of nitrogens with one attached hydrogen (secondary N) is 1. The number of hydrogen-bond donors (Lipinski definition) is 2. The molecular weight excluding hydrogens is 304 g/mol. The lowest BCUT2D eigenvalue weighted by Crippen LogP contribution is -2.16. The van der Waals surface area contributed by atoms with Gasteiger partial charge < -0.3 is 11.1 Å². The Morgan fingerprint density at radius 1 is 1.23 bits per heavy atom. The van der Waals surface area contributed by atoms with Crippen LogP contribution in [0.2, 0.25) is 5.15 Å². The number of amides is 2. The van der Waals surface area contributed by atoms with Gasteiger partial charge in [0.2, 0.25) is 0 Å². The summed E-state index contributed by atoms with van der Waals surface area (Å²) in [7, 11) is 0. The summed E-state index contributed by atoms with van der Waals surface area (Å²) >= 11 is 5.80. The predicted molar refractivity (Wildman–Crippen MR) is 81.5 cm³/mol. The number of anilines is 1. The molecule has 6 nitrogen and oxygen atoms in total. The van der Waals surface area contributed by atoms with E-state index in [-0.39, 0.29) is 16.4 Å². The Bertz CT molecular complexity index is 766. The largest absolute Gasteiger partial charge is 0.366 e. The monoisotopic (exact) mass is 314 g/mol. The maximum Gasteiger partial charge on any atom is 0.274 e. The number of nitriles is 1. The first-order valence-electron chi connectivity index (χ1n) is 6.25. The van der Waals surface area contributed by atoms with Crippen molar-refractivity contribution in [2.75, 3.05) is 5.32 Å². The van der Waals surface area contributed by atoms with E-state index in [9.17, 15) is 9.59 Å². The number of pyridine rings is 1. The van der Waals surface area contributed by atoms with Crippen LogP contribution < -0.4 is 11.1 Å². The molecule has 0 aliphatic carbocycles. The standard InChI is InChI=1S/C15H11ClN4O2/c16-13-11(14(18)21)5-6-12(20-13)15(22)19-10-3-1-9(2-4-10)7-8-17/h1-6H,7H2,(H2,18,21)(H,19,22). The van der Waals surface area contributed by atoms with Crippen LogP contribution in [0.25, 0.3) is 0 Å². The molecule has 22 heavy (non-hydrogen) atoms. The van der Waals surface area contributed by atoms with E-state index < -0.39 is 11.8 Å². The smallest absolute Gasteiger partial charge is 0.274 e. The normalized spacial score (nSPS) is 9.82. The third-order valence-corrected chi connectivity index (χ3v) is 3.13. The van der Waals surface area contributed by atoms with Crippen LogP contribution in [0.4, 0.5) is 5.69 Å². The van der Waals surface area contributed by atoms with E-state index in [0.29, 0.717) is 12.1 Å². The van der Waals surface area contributed by atoms with Gasteiger partial charge in [0.05, 0.1) is 18.1 Å². The van der Waals surface area contributed by atoms with Gasteiger partial charge in [-0.3, -0.25) is 9.59 Å². The molecule has 1 heterocycles. The summed E-state index contributed by atoms with van der Waals surface area (Å²) in [5, 5.41) is 11.1. The SMILES string of the molecule is N#CCc1ccc(NC(=O)c2ccc(C(N)=O)c(Cl)n2)cc1. The van der Waals surface area contributed by atoms with Crippen LogP contribution in [-0.2, 0) is 6.42 Å². The molecule has 0 saturated carbocycles. The first-order valence-corrected chi connectivity index (χ1v) is 6.62. The van der Waals surface area contributed by atoms with Crippen LogP contribution >= 0.6 is 11.6 Å². The molecule has 0 bridgehead atoms. The number of carbonyl (C=O) groups is 2. The Hall–Kier alpha value is -2.91. The summed E-state index contributed by atoms with van der Waals surface area (Å²) < 4.78 is 0. The number of benzene rings is 1. The van der Waals surface area contributed by atoms with Gasteiger partial charge in [0.1, 0.15) is 10.8 Å². The molecule has 0 saturated heterocycles. The molecule has 2 rings (SSSR count). The highest BCUT2D eigenvalue weighted by atomic mass is 35.5. The van der Waals surface area contributed by atoms with Crippen LogP contribution in [0.3, 0.4) is 0 Å². The van der Waals surface area contributed by atoms with Crippen molar-refractivity contribution in [2.24, 2.45) is 5.73 Å². The van der Waals surface area contributed by atoms with Crippen molar-refractivity contribution in [3.63, 3.8) is 0 Å². The summed E-state index contributed by atoms with van der Waals surface area (Å²) in [5.74, 6) is -1.18. The fraction of sp³-hybridized carbons (Fsp3) is 0.0667. The van der Waals surface area contributed by atoms with Crippen molar-refractivity contribution in [1.29, 1.82) is 5.26 Å². The topological polar surface area (TPSA) is 109 Å². The Balaban J connectivity index is 2.13. The van der Waals surface area contributed by atoms with E-state index in [2.05, 4.69) is 10.3 Å². The second kappa shape index (κ2) is 6.70. The third-order valence-electron chi connectivity index (χ3n) is 2.84. The molecule has 0 aliphatic rings. The molecule has 2 aromatic rings. The average molecular weight is 315 g/mol. The number of nitrogens with zero attached hydrogens (tertiary/aromatic N) is 2. The molecule has 0 unspecified atom stereocenters. The molecule has 1 aromatic heterocycles. The lowest BCUT2D eigenvalue weighted by molar-refractivity contribution is 0.0993. The summed E-state index contributed by atoms with van der Waals surface area (Å²) in [6.07, 6.45) is 0.306. The second-order valence-corrected chi connectivity index (χ2v) is 4.74. The van der Waals surface area contributed by atoms with Gasteiger partial charge in [-0.15, -0.1) is 0 Å². The Morgan fingerprint density at radius 2 is 1.91 bits per heavy atom. The maximum atomic E-state index is 12.1. The first kappa shape index (κ1) is 15.5. The van der Waals surface area contributed by atoms with E-state index >= 15 is 0 Å². The summed E-state index contributed by atoms with van der Waals surface area (Å²) in [6, 6.07) is 11.6. The molecule has 7 heteroatoms. The van der Waals surface area contributed by atoms with Gasteiger partial charge in [-0.2, -0.15) is 5.26 Å². The highest BCUT2D eigenvalue weighted by molar-refractivity contribution is 6.32. The first-order chi connectivity index (χ1) is 10.5.